The molecule has 2 heteroatoms. The number of aromatic nitrogens is 1. The number of aliphatic hydroxyl groups is 1. The lowest BCUT2D eigenvalue weighted by molar-refractivity contribution is 0.104. The smallest absolute Gasteiger partial charge is 0.112 e. The van der Waals surface area contributed by atoms with Gasteiger partial charge in [-0.15, -0.1) is 0 Å². The number of hydrogen-bond acceptors (Lipinski definition) is 2. The fourth-order valence-electron chi connectivity index (χ4n) is 2.95. The van der Waals surface area contributed by atoms with Crippen LogP contribution in [0.5, 0.6) is 0 Å². The predicted molar refractivity (Wildman–Crippen MR) is 86.3 cm³/mol. The maximum absolute atomic E-state index is 11.2. The van der Waals surface area contributed by atoms with Crippen molar-refractivity contribution >= 4 is 10.8 Å². The van der Waals surface area contributed by atoms with Gasteiger partial charge in [-0.3, -0.25) is 4.98 Å². The standard InChI is InChI=1S/C19H19NO/c1-13-9-14(2)11-16(10-13)19(3,21)18-6-4-5-15-7-8-20-12-17(15)18/h4-12,21H,1-3H3. The van der Waals surface area contributed by atoms with Crippen LogP contribution < -0.4 is 0 Å². The topological polar surface area (TPSA) is 33.1 Å². The molecule has 1 unspecified atom stereocenters. The van der Waals surface area contributed by atoms with E-state index in [1.807, 2.05) is 49.5 Å². The minimum absolute atomic E-state index is 0.887. The second-order valence-corrected chi connectivity index (χ2v) is 5.85. The van der Waals surface area contributed by atoms with Crippen molar-refractivity contribution in [3.05, 3.63) is 77.1 Å². The summed E-state index contributed by atoms with van der Waals surface area (Å²) >= 11 is 0. The highest BCUT2D eigenvalue weighted by Crippen LogP contribution is 2.34. The van der Waals surface area contributed by atoms with E-state index in [0.29, 0.717) is 0 Å². The Kier molecular flexibility index (Phi) is 3.26. The van der Waals surface area contributed by atoms with E-state index in [-0.39, 0.29) is 0 Å². The first-order valence-electron chi connectivity index (χ1n) is 7.13. The molecule has 0 spiro atoms. The third-order valence-electron chi connectivity index (χ3n) is 3.99. The minimum Gasteiger partial charge on any atom is -0.381 e. The quantitative estimate of drug-likeness (QED) is 0.764. The molecule has 106 valence electrons. The lowest BCUT2D eigenvalue weighted by Crippen LogP contribution is -2.23. The van der Waals surface area contributed by atoms with Crippen LogP contribution in [0.3, 0.4) is 0 Å². The summed E-state index contributed by atoms with van der Waals surface area (Å²) in [7, 11) is 0. The monoisotopic (exact) mass is 277 g/mol. The Morgan fingerprint density at radius 1 is 1.00 bits per heavy atom. The molecule has 0 fully saturated rings. The highest BCUT2D eigenvalue weighted by atomic mass is 16.3. The molecule has 0 saturated heterocycles. The molecule has 0 aliphatic carbocycles. The van der Waals surface area contributed by atoms with Crippen molar-refractivity contribution in [2.45, 2.75) is 26.4 Å². The third-order valence-corrected chi connectivity index (χ3v) is 3.99. The van der Waals surface area contributed by atoms with Gasteiger partial charge in [-0.25, -0.2) is 0 Å². The van der Waals surface area contributed by atoms with Crippen molar-refractivity contribution in [2.75, 3.05) is 0 Å². The third kappa shape index (κ3) is 2.43. The molecule has 1 atom stereocenters. The van der Waals surface area contributed by atoms with E-state index in [4.69, 9.17) is 0 Å². The summed E-state index contributed by atoms with van der Waals surface area (Å²) in [6.45, 7) is 5.96. The van der Waals surface area contributed by atoms with Crippen LogP contribution in [0.25, 0.3) is 10.8 Å². The Labute approximate surface area is 125 Å². The van der Waals surface area contributed by atoms with Gasteiger partial charge in [-0.05, 0) is 43.4 Å². The Hall–Kier alpha value is -2.19. The number of fused-ring (bicyclic) bond motifs is 1. The fourth-order valence-corrected chi connectivity index (χ4v) is 2.95. The van der Waals surface area contributed by atoms with Crippen molar-refractivity contribution < 1.29 is 5.11 Å². The molecule has 3 aromatic rings. The van der Waals surface area contributed by atoms with E-state index in [1.54, 1.807) is 6.20 Å². The number of aryl methyl sites for hydroxylation is 2. The molecule has 1 aromatic heterocycles. The molecule has 2 aromatic carbocycles. The lowest BCUT2D eigenvalue weighted by atomic mass is 9.84. The number of nitrogens with zero attached hydrogens (tertiary/aromatic N) is 1. The van der Waals surface area contributed by atoms with Gasteiger partial charge in [0, 0.05) is 17.8 Å². The zero-order chi connectivity index (χ0) is 15.0. The first-order chi connectivity index (χ1) is 9.98. The fraction of sp³-hybridized carbons (Fsp3) is 0.211. The van der Waals surface area contributed by atoms with Crippen molar-refractivity contribution in [2.24, 2.45) is 0 Å². The molecule has 2 nitrogen and oxygen atoms in total. The van der Waals surface area contributed by atoms with Crippen LogP contribution in [0, 0.1) is 13.8 Å². The molecular formula is C19H19NO. The molecule has 3 rings (SSSR count). The Balaban J connectivity index is 2.24. The van der Waals surface area contributed by atoms with E-state index in [1.165, 1.54) is 0 Å². The maximum Gasteiger partial charge on any atom is 0.112 e. The molecule has 0 amide bonds. The highest BCUT2D eigenvalue weighted by Gasteiger charge is 2.27. The molecular weight excluding hydrogens is 258 g/mol. The van der Waals surface area contributed by atoms with E-state index < -0.39 is 5.60 Å². The van der Waals surface area contributed by atoms with Crippen molar-refractivity contribution in [1.29, 1.82) is 0 Å². The highest BCUT2D eigenvalue weighted by molar-refractivity contribution is 5.86. The van der Waals surface area contributed by atoms with Crippen LogP contribution in [-0.4, -0.2) is 10.1 Å². The average molecular weight is 277 g/mol. The predicted octanol–water partition coefficient (Wildman–Crippen LogP) is 4.11. The zero-order valence-electron chi connectivity index (χ0n) is 12.6. The van der Waals surface area contributed by atoms with Crippen LogP contribution in [-0.2, 0) is 5.60 Å². The molecule has 21 heavy (non-hydrogen) atoms. The van der Waals surface area contributed by atoms with Gasteiger partial charge in [0.2, 0.25) is 0 Å². The first kappa shape index (κ1) is 13.8. The summed E-state index contributed by atoms with van der Waals surface area (Å²) in [6.07, 6.45) is 3.60. The molecule has 0 aliphatic rings. The SMILES string of the molecule is Cc1cc(C)cc(C(C)(O)c2cccc3ccncc23)c1. The number of pyridine rings is 1. The van der Waals surface area contributed by atoms with Crippen LogP contribution in [0.4, 0.5) is 0 Å². The van der Waals surface area contributed by atoms with Crippen LogP contribution in [0.15, 0.2) is 54.9 Å². The Bertz CT molecular complexity index is 780. The largest absolute Gasteiger partial charge is 0.381 e. The molecule has 0 bridgehead atoms. The summed E-state index contributed by atoms with van der Waals surface area (Å²) in [6, 6.07) is 14.2. The summed E-state index contributed by atoms with van der Waals surface area (Å²) in [4.78, 5) is 4.20. The summed E-state index contributed by atoms with van der Waals surface area (Å²) < 4.78 is 0. The van der Waals surface area contributed by atoms with E-state index in [2.05, 4.69) is 24.9 Å². The second kappa shape index (κ2) is 4.97. The molecule has 0 saturated carbocycles. The van der Waals surface area contributed by atoms with Crippen molar-refractivity contribution in [3.63, 3.8) is 0 Å². The average Bonchev–Trinajstić information content (AvgIpc) is 2.45. The van der Waals surface area contributed by atoms with Gasteiger partial charge in [-0.1, -0.05) is 47.5 Å². The first-order valence-corrected chi connectivity index (χ1v) is 7.13. The molecule has 1 heterocycles. The number of rotatable bonds is 2. The minimum atomic E-state index is -1.04. The van der Waals surface area contributed by atoms with Crippen molar-refractivity contribution in [3.8, 4) is 0 Å². The summed E-state index contributed by atoms with van der Waals surface area (Å²) in [5.74, 6) is 0. The van der Waals surface area contributed by atoms with Gasteiger partial charge in [0.1, 0.15) is 5.60 Å². The van der Waals surface area contributed by atoms with Gasteiger partial charge in [0.25, 0.3) is 0 Å². The Morgan fingerprint density at radius 2 is 1.71 bits per heavy atom. The van der Waals surface area contributed by atoms with Gasteiger partial charge in [0.05, 0.1) is 0 Å². The van der Waals surface area contributed by atoms with Crippen molar-refractivity contribution in [1.82, 2.24) is 4.98 Å². The normalized spacial score (nSPS) is 14.1. The van der Waals surface area contributed by atoms with Gasteiger partial charge in [0.15, 0.2) is 0 Å². The molecule has 0 aliphatic heterocycles. The van der Waals surface area contributed by atoms with Gasteiger partial charge < -0.3 is 5.11 Å². The van der Waals surface area contributed by atoms with Gasteiger partial charge >= 0.3 is 0 Å². The molecule has 1 N–H and O–H groups in total. The van der Waals surface area contributed by atoms with Crippen LogP contribution in [0.1, 0.15) is 29.2 Å². The maximum atomic E-state index is 11.2. The van der Waals surface area contributed by atoms with E-state index >= 15 is 0 Å². The number of hydrogen-bond donors (Lipinski definition) is 1. The van der Waals surface area contributed by atoms with E-state index in [9.17, 15) is 5.11 Å². The van der Waals surface area contributed by atoms with Crippen LogP contribution in [0.2, 0.25) is 0 Å². The van der Waals surface area contributed by atoms with E-state index in [0.717, 1.165) is 33.0 Å². The Morgan fingerprint density at radius 3 is 2.43 bits per heavy atom. The second-order valence-electron chi connectivity index (χ2n) is 5.85. The zero-order valence-corrected chi connectivity index (χ0v) is 12.6. The van der Waals surface area contributed by atoms with Crippen LogP contribution >= 0.6 is 0 Å². The summed E-state index contributed by atoms with van der Waals surface area (Å²) in [5, 5.41) is 13.3. The summed E-state index contributed by atoms with van der Waals surface area (Å²) in [5.41, 5.74) is 3.07. The number of benzene rings is 2. The lowest BCUT2D eigenvalue weighted by Gasteiger charge is -2.26. The molecule has 0 radical (unpaired) electrons. The van der Waals surface area contributed by atoms with Gasteiger partial charge in [-0.2, -0.15) is 0 Å².